The zero-order valence-corrected chi connectivity index (χ0v) is 17.4. The lowest BCUT2D eigenvalue weighted by Crippen LogP contribution is -2.28. The Balaban J connectivity index is 1.62. The number of hydrogen-bond donors (Lipinski definition) is 4. The number of benzene rings is 2. The molecular formula is C20H16BrN5O2S. The third-order valence-corrected chi connectivity index (χ3v) is 5.22. The van der Waals surface area contributed by atoms with Crippen LogP contribution in [0.3, 0.4) is 0 Å². The molecule has 0 saturated carbocycles. The van der Waals surface area contributed by atoms with Gasteiger partial charge in [-0.1, -0.05) is 28.1 Å². The fraction of sp³-hybridized carbons (Fsp3) is 0.0500. The van der Waals surface area contributed by atoms with Gasteiger partial charge >= 0.3 is 6.03 Å². The second-order valence-corrected chi connectivity index (χ2v) is 7.70. The third kappa shape index (κ3) is 5.89. The standard InChI is InChI=1S/C20H16BrN5O2S/c21-15-4-2-6-17(9-15)24-19(26-28)18-8-14(12-29-18)11-23-20(27)25-16-5-1-3-13(7-16)10-22/h1-9,12,28H,11H2,(H,24,26)(H2,23,25,27). The molecule has 2 aromatic carbocycles. The number of aliphatic imine (C=N–C) groups is 1. The van der Waals surface area contributed by atoms with E-state index in [0.717, 1.165) is 14.9 Å². The molecule has 146 valence electrons. The molecule has 0 radical (unpaired) electrons. The average molecular weight is 470 g/mol. The van der Waals surface area contributed by atoms with Crippen LogP contribution < -0.4 is 16.1 Å². The lowest BCUT2D eigenvalue weighted by molar-refractivity contribution is 0.235. The summed E-state index contributed by atoms with van der Waals surface area (Å²) in [6.07, 6.45) is 0. The molecule has 0 aliphatic carbocycles. The molecule has 0 fully saturated rings. The lowest BCUT2D eigenvalue weighted by atomic mass is 10.2. The molecule has 0 aliphatic rings. The Morgan fingerprint density at radius 3 is 2.79 bits per heavy atom. The Bertz CT molecular complexity index is 1090. The maximum absolute atomic E-state index is 12.1. The summed E-state index contributed by atoms with van der Waals surface area (Å²) in [4.78, 5) is 17.2. The van der Waals surface area contributed by atoms with E-state index in [1.54, 1.807) is 24.3 Å². The minimum Gasteiger partial charge on any atom is -0.334 e. The monoisotopic (exact) mass is 469 g/mol. The Morgan fingerprint density at radius 2 is 2.03 bits per heavy atom. The van der Waals surface area contributed by atoms with E-state index in [0.29, 0.717) is 29.3 Å². The lowest BCUT2D eigenvalue weighted by Gasteiger charge is -2.07. The second kappa shape index (κ2) is 9.84. The van der Waals surface area contributed by atoms with Gasteiger partial charge in [-0.2, -0.15) is 5.26 Å². The van der Waals surface area contributed by atoms with Gasteiger partial charge in [0.25, 0.3) is 0 Å². The van der Waals surface area contributed by atoms with Crippen LogP contribution in [0.4, 0.5) is 16.2 Å². The summed E-state index contributed by atoms with van der Waals surface area (Å²) in [6, 6.07) is 17.6. The number of nitriles is 1. The van der Waals surface area contributed by atoms with Gasteiger partial charge < -0.3 is 10.6 Å². The van der Waals surface area contributed by atoms with Crippen LogP contribution in [0.1, 0.15) is 16.0 Å². The maximum Gasteiger partial charge on any atom is 0.319 e. The van der Waals surface area contributed by atoms with E-state index in [4.69, 9.17) is 5.26 Å². The first-order valence-electron chi connectivity index (χ1n) is 8.44. The van der Waals surface area contributed by atoms with Crippen LogP contribution in [-0.2, 0) is 6.54 Å². The number of hydroxylamine groups is 1. The van der Waals surface area contributed by atoms with Gasteiger partial charge in [-0.05, 0) is 53.4 Å². The first-order valence-corrected chi connectivity index (χ1v) is 10.1. The number of amides is 2. The fourth-order valence-electron chi connectivity index (χ4n) is 2.43. The number of carbonyl (C=O) groups is 1. The molecule has 0 aliphatic heterocycles. The van der Waals surface area contributed by atoms with Gasteiger partial charge in [0.15, 0.2) is 5.84 Å². The van der Waals surface area contributed by atoms with Crippen molar-refractivity contribution in [3.05, 3.63) is 80.5 Å². The molecule has 3 rings (SSSR count). The molecule has 0 saturated heterocycles. The number of carbonyl (C=O) groups excluding carboxylic acids is 1. The summed E-state index contributed by atoms with van der Waals surface area (Å²) in [5.74, 6) is 0.317. The summed E-state index contributed by atoms with van der Waals surface area (Å²) in [6.45, 7) is 0.301. The highest BCUT2D eigenvalue weighted by Crippen LogP contribution is 2.21. The average Bonchev–Trinajstić information content (AvgIpc) is 3.19. The molecule has 9 heteroatoms. The predicted octanol–water partition coefficient (Wildman–Crippen LogP) is 4.76. The van der Waals surface area contributed by atoms with Crippen LogP contribution in [0.5, 0.6) is 0 Å². The van der Waals surface area contributed by atoms with Gasteiger partial charge in [0.05, 0.1) is 22.2 Å². The third-order valence-electron chi connectivity index (χ3n) is 3.74. The number of anilines is 1. The minimum atomic E-state index is -0.379. The minimum absolute atomic E-state index is 0.301. The van der Waals surface area contributed by atoms with E-state index in [2.05, 4.69) is 37.0 Å². The van der Waals surface area contributed by atoms with Crippen LogP contribution >= 0.6 is 27.3 Å². The number of thiophene rings is 1. The highest BCUT2D eigenvalue weighted by atomic mass is 79.9. The van der Waals surface area contributed by atoms with E-state index >= 15 is 0 Å². The SMILES string of the molecule is N#Cc1cccc(NC(=O)NCc2csc(C(=Nc3cccc(Br)c3)NO)c2)c1. The van der Waals surface area contributed by atoms with Crippen LogP contribution in [0, 0.1) is 11.3 Å². The molecule has 7 nitrogen and oxygen atoms in total. The van der Waals surface area contributed by atoms with E-state index in [-0.39, 0.29) is 6.03 Å². The van der Waals surface area contributed by atoms with E-state index in [1.165, 1.54) is 11.3 Å². The molecule has 3 aromatic rings. The molecular weight excluding hydrogens is 454 g/mol. The van der Waals surface area contributed by atoms with Crippen molar-refractivity contribution in [1.82, 2.24) is 10.8 Å². The predicted molar refractivity (Wildman–Crippen MR) is 117 cm³/mol. The number of nitrogens with one attached hydrogen (secondary N) is 3. The molecule has 1 heterocycles. The van der Waals surface area contributed by atoms with Crippen molar-refractivity contribution >= 4 is 50.5 Å². The maximum atomic E-state index is 12.1. The van der Waals surface area contributed by atoms with Crippen molar-refractivity contribution in [2.75, 3.05) is 5.32 Å². The Kier molecular flexibility index (Phi) is 6.97. The van der Waals surface area contributed by atoms with Crippen molar-refractivity contribution in [2.45, 2.75) is 6.54 Å². The largest absolute Gasteiger partial charge is 0.334 e. The molecule has 0 bridgehead atoms. The van der Waals surface area contributed by atoms with Crippen molar-refractivity contribution in [3.8, 4) is 6.07 Å². The topological polar surface area (TPSA) is 110 Å². The van der Waals surface area contributed by atoms with E-state index in [1.807, 2.05) is 41.8 Å². The first kappa shape index (κ1) is 20.5. The van der Waals surface area contributed by atoms with Gasteiger partial charge in [-0.3, -0.25) is 10.7 Å². The summed E-state index contributed by atoms with van der Waals surface area (Å²) in [5.41, 5.74) is 4.69. The number of urea groups is 1. The summed E-state index contributed by atoms with van der Waals surface area (Å²) in [5, 5.41) is 25.7. The normalized spacial score (nSPS) is 10.9. The molecule has 0 atom stereocenters. The molecule has 4 N–H and O–H groups in total. The van der Waals surface area contributed by atoms with Gasteiger partial charge in [-0.25, -0.2) is 9.79 Å². The van der Waals surface area contributed by atoms with Gasteiger partial charge in [0.2, 0.25) is 0 Å². The number of nitrogens with zero attached hydrogens (tertiary/aromatic N) is 2. The van der Waals surface area contributed by atoms with Gasteiger partial charge in [0.1, 0.15) is 0 Å². The quantitative estimate of drug-likeness (QED) is 0.245. The van der Waals surface area contributed by atoms with Crippen LogP contribution in [0.25, 0.3) is 0 Å². The fourth-order valence-corrected chi connectivity index (χ4v) is 3.67. The molecule has 0 unspecified atom stereocenters. The van der Waals surface area contributed by atoms with Gasteiger partial charge in [-0.15, -0.1) is 11.3 Å². The second-order valence-electron chi connectivity index (χ2n) is 5.87. The van der Waals surface area contributed by atoms with Crippen LogP contribution in [-0.4, -0.2) is 17.1 Å². The summed E-state index contributed by atoms with van der Waals surface area (Å²) >= 11 is 4.78. The molecule has 29 heavy (non-hydrogen) atoms. The Hall–Kier alpha value is -3.19. The zero-order chi connectivity index (χ0) is 20.6. The van der Waals surface area contributed by atoms with E-state index < -0.39 is 0 Å². The van der Waals surface area contributed by atoms with Gasteiger partial charge in [0, 0.05) is 16.7 Å². The Labute approximate surface area is 179 Å². The Morgan fingerprint density at radius 1 is 1.21 bits per heavy atom. The van der Waals surface area contributed by atoms with Crippen molar-refractivity contribution in [2.24, 2.45) is 4.99 Å². The highest BCUT2D eigenvalue weighted by Gasteiger charge is 2.09. The molecule has 1 aromatic heterocycles. The van der Waals surface area contributed by atoms with Crippen LogP contribution in [0.15, 0.2) is 69.4 Å². The van der Waals surface area contributed by atoms with Crippen LogP contribution in [0.2, 0.25) is 0 Å². The molecule has 0 spiro atoms. The number of hydrogen-bond acceptors (Lipinski definition) is 5. The van der Waals surface area contributed by atoms with Crippen molar-refractivity contribution in [3.63, 3.8) is 0 Å². The first-order chi connectivity index (χ1) is 14.1. The molecule has 2 amide bonds. The van der Waals surface area contributed by atoms with Crippen molar-refractivity contribution in [1.29, 1.82) is 5.26 Å². The summed E-state index contributed by atoms with van der Waals surface area (Å²) in [7, 11) is 0. The summed E-state index contributed by atoms with van der Waals surface area (Å²) < 4.78 is 0.887. The van der Waals surface area contributed by atoms with E-state index in [9.17, 15) is 10.0 Å². The zero-order valence-electron chi connectivity index (χ0n) is 15.0. The van der Waals surface area contributed by atoms with Crippen molar-refractivity contribution < 1.29 is 10.0 Å². The number of amidine groups is 1. The number of rotatable bonds is 5. The smallest absolute Gasteiger partial charge is 0.319 e. The highest BCUT2D eigenvalue weighted by molar-refractivity contribution is 9.10. The number of halogens is 1.